The molecule has 0 unspecified atom stereocenters. The van der Waals surface area contributed by atoms with Crippen LogP contribution in [0.25, 0.3) is 0 Å². The molecule has 0 amide bonds. The molecule has 0 aliphatic carbocycles. The van der Waals surface area contributed by atoms with Crippen LogP contribution >= 0.6 is 11.8 Å². The lowest BCUT2D eigenvalue weighted by atomic mass is 10.0. The predicted octanol–water partition coefficient (Wildman–Crippen LogP) is 2.12. The van der Waals surface area contributed by atoms with Crippen molar-refractivity contribution in [2.24, 2.45) is 0 Å². The van der Waals surface area contributed by atoms with Crippen molar-refractivity contribution in [1.82, 2.24) is 0 Å². The van der Waals surface area contributed by atoms with E-state index in [2.05, 4.69) is 6.07 Å². The first-order valence-electron chi connectivity index (χ1n) is 3.19. The molecule has 0 saturated carbocycles. The highest BCUT2D eigenvalue weighted by atomic mass is 32.2. The largest absolute Gasteiger partial charge is 0.193 e. The van der Waals surface area contributed by atoms with Crippen molar-refractivity contribution in [3.8, 4) is 6.07 Å². The van der Waals surface area contributed by atoms with Crippen LogP contribution in [0.1, 0.15) is 13.3 Å². The summed E-state index contributed by atoms with van der Waals surface area (Å²) in [6.07, 6.45) is 1.74. The van der Waals surface area contributed by atoms with Gasteiger partial charge in [-0.05, 0) is 18.1 Å². The number of thioether (sulfide) groups is 1. The highest BCUT2D eigenvalue weighted by molar-refractivity contribution is 8.02. The fraction of sp³-hybridized carbons (Fsp3) is 0.571. The van der Waals surface area contributed by atoms with E-state index in [-0.39, 0.29) is 0 Å². The SMILES string of the molecule is [B]CCCSC=C(C)C#N. The van der Waals surface area contributed by atoms with E-state index in [4.69, 9.17) is 13.1 Å². The van der Waals surface area contributed by atoms with Crippen LogP contribution in [0, 0.1) is 11.3 Å². The maximum Gasteiger partial charge on any atom is 0.0949 e. The molecule has 0 bridgehead atoms. The molecular weight excluding hydrogens is 141 g/mol. The summed E-state index contributed by atoms with van der Waals surface area (Å²) in [5, 5.41) is 10.2. The first kappa shape index (κ1) is 9.64. The van der Waals surface area contributed by atoms with Gasteiger partial charge in [-0.25, -0.2) is 0 Å². The van der Waals surface area contributed by atoms with Gasteiger partial charge in [-0.2, -0.15) is 5.26 Å². The zero-order valence-electron chi connectivity index (χ0n) is 6.13. The lowest BCUT2D eigenvalue weighted by Gasteiger charge is -1.91. The third-order valence-electron chi connectivity index (χ3n) is 0.903. The third-order valence-corrected chi connectivity index (χ3v) is 1.95. The van der Waals surface area contributed by atoms with Gasteiger partial charge in [-0.1, -0.05) is 12.7 Å². The number of hydrogen-bond donors (Lipinski definition) is 0. The highest BCUT2D eigenvalue weighted by Crippen LogP contribution is 2.08. The Labute approximate surface area is 67.9 Å². The molecule has 0 aliphatic rings. The summed E-state index contributed by atoms with van der Waals surface area (Å²) < 4.78 is 0. The molecular formula is C7H10BNS. The van der Waals surface area contributed by atoms with Crippen molar-refractivity contribution in [1.29, 1.82) is 5.26 Å². The van der Waals surface area contributed by atoms with Crippen molar-refractivity contribution in [2.75, 3.05) is 5.75 Å². The molecule has 3 heteroatoms. The number of allylic oxidation sites excluding steroid dienone is 1. The Kier molecular flexibility index (Phi) is 6.52. The summed E-state index contributed by atoms with van der Waals surface area (Å²) in [6.45, 7) is 1.80. The van der Waals surface area contributed by atoms with Crippen molar-refractivity contribution in [3.05, 3.63) is 11.0 Å². The van der Waals surface area contributed by atoms with Gasteiger partial charge in [0, 0.05) is 5.57 Å². The summed E-state index contributed by atoms with van der Waals surface area (Å²) in [7, 11) is 5.28. The van der Waals surface area contributed by atoms with E-state index in [1.807, 2.05) is 5.41 Å². The van der Waals surface area contributed by atoms with Crippen molar-refractivity contribution in [3.63, 3.8) is 0 Å². The maximum atomic E-state index is 8.33. The summed E-state index contributed by atoms with van der Waals surface area (Å²) in [5.74, 6) is 1.01. The van der Waals surface area contributed by atoms with Gasteiger partial charge in [0.2, 0.25) is 0 Å². The van der Waals surface area contributed by atoms with Crippen molar-refractivity contribution in [2.45, 2.75) is 19.7 Å². The molecule has 0 fully saturated rings. The quantitative estimate of drug-likeness (QED) is 0.349. The number of hydrogen-bond acceptors (Lipinski definition) is 2. The summed E-state index contributed by atoms with van der Waals surface area (Å²) in [4.78, 5) is 0. The van der Waals surface area contributed by atoms with E-state index in [1.54, 1.807) is 18.7 Å². The number of nitriles is 1. The van der Waals surface area contributed by atoms with E-state index < -0.39 is 0 Å². The Morgan fingerprint density at radius 3 is 3.00 bits per heavy atom. The molecule has 0 heterocycles. The molecule has 2 radical (unpaired) electrons. The van der Waals surface area contributed by atoms with Crippen LogP contribution in [0.3, 0.4) is 0 Å². The van der Waals surface area contributed by atoms with Gasteiger partial charge in [0.05, 0.1) is 13.9 Å². The van der Waals surface area contributed by atoms with Crippen LogP contribution in [0.5, 0.6) is 0 Å². The van der Waals surface area contributed by atoms with Crippen molar-refractivity contribution >= 4 is 19.6 Å². The standard InChI is InChI=1S/C7H10BNS/c1-7(5-9)6-10-4-2-3-8/h6H,2-4H2,1H3. The molecule has 0 atom stereocenters. The minimum Gasteiger partial charge on any atom is -0.193 e. The molecule has 0 rings (SSSR count). The Balaban J connectivity index is 3.27. The van der Waals surface area contributed by atoms with E-state index in [9.17, 15) is 0 Å². The first-order chi connectivity index (χ1) is 4.81. The van der Waals surface area contributed by atoms with Crippen molar-refractivity contribution < 1.29 is 0 Å². The van der Waals surface area contributed by atoms with Crippen LogP contribution in [-0.2, 0) is 0 Å². The van der Waals surface area contributed by atoms with Crippen LogP contribution in [0.2, 0.25) is 6.32 Å². The van der Waals surface area contributed by atoms with Crippen LogP contribution in [0.15, 0.2) is 11.0 Å². The van der Waals surface area contributed by atoms with Gasteiger partial charge in [0.25, 0.3) is 0 Å². The van der Waals surface area contributed by atoms with Gasteiger partial charge in [-0.15, -0.1) is 11.8 Å². The Morgan fingerprint density at radius 2 is 2.50 bits per heavy atom. The fourth-order valence-electron chi connectivity index (χ4n) is 0.377. The second kappa shape index (κ2) is 6.76. The van der Waals surface area contributed by atoms with E-state index >= 15 is 0 Å². The Bertz CT molecular complexity index is 148. The van der Waals surface area contributed by atoms with Gasteiger partial charge < -0.3 is 0 Å². The molecule has 0 aromatic heterocycles. The van der Waals surface area contributed by atoms with Gasteiger partial charge >= 0.3 is 0 Å². The molecule has 0 aliphatic heterocycles. The molecule has 0 saturated heterocycles. The second-order valence-corrected chi connectivity index (χ2v) is 2.90. The molecule has 52 valence electrons. The van der Waals surface area contributed by atoms with Crippen LogP contribution in [-0.4, -0.2) is 13.6 Å². The number of nitrogens with zero attached hydrogens (tertiary/aromatic N) is 1. The fourth-order valence-corrected chi connectivity index (χ4v) is 1.13. The average molecular weight is 151 g/mol. The number of rotatable bonds is 4. The van der Waals surface area contributed by atoms with Crippen LogP contribution in [0.4, 0.5) is 0 Å². The zero-order valence-corrected chi connectivity index (χ0v) is 6.95. The highest BCUT2D eigenvalue weighted by Gasteiger charge is 1.84. The minimum absolute atomic E-state index is 0.729. The Hall–Kier alpha value is -0.355. The van der Waals surface area contributed by atoms with Gasteiger partial charge in [0.15, 0.2) is 0 Å². The third kappa shape index (κ3) is 5.78. The van der Waals surface area contributed by atoms with Gasteiger partial charge in [-0.3, -0.25) is 0 Å². The first-order valence-corrected chi connectivity index (χ1v) is 4.24. The average Bonchev–Trinajstić information content (AvgIpc) is 1.98. The van der Waals surface area contributed by atoms with Crippen LogP contribution < -0.4 is 0 Å². The molecule has 0 aromatic carbocycles. The molecule has 0 aromatic rings. The topological polar surface area (TPSA) is 23.8 Å². The second-order valence-electron chi connectivity index (χ2n) is 1.93. The molecule has 0 N–H and O–H groups in total. The monoisotopic (exact) mass is 151 g/mol. The predicted molar refractivity (Wildman–Crippen MR) is 47.0 cm³/mol. The van der Waals surface area contributed by atoms with E-state index in [0.29, 0.717) is 0 Å². The van der Waals surface area contributed by atoms with E-state index in [1.165, 1.54) is 0 Å². The summed E-state index contributed by atoms with van der Waals surface area (Å²) >= 11 is 1.65. The molecule has 0 spiro atoms. The minimum atomic E-state index is 0.729. The lowest BCUT2D eigenvalue weighted by molar-refractivity contribution is 1.10. The van der Waals surface area contributed by atoms with E-state index in [0.717, 1.165) is 24.1 Å². The Morgan fingerprint density at radius 1 is 1.80 bits per heavy atom. The maximum absolute atomic E-state index is 8.33. The summed E-state index contributed by atoms with van der Waals surface area (Å²) in [5.41, 5.74) is 0.766. The zero-order chi connectivity index (χ0) is 7.82. The molecule has 1 nitrogen and oxygen atoms in total. The van der Waals surface area contributed by atoms with Gasteiger partial charge in [0.1, 0.15) is 0 Å². The normalized spacial score (nSPS) is 11.0. The smallest absolute Gasteiger partial charge is 0.0949 e. The molecule has 10 heavy (non-hydrogen) atoms. The lowest BCUT2D eigenvalue weighted by Crippen LogP contribution is -1.75. The summed E-state index contributed by atoms with van der Waals surface area (Å²) in [6, 6.07) is 2.05.